The van der Waals surface area contributed by atoms with E-state index in [2.05, 4.69) is 34.6 Å². The lowest BCUT2D eigenvalue weighted by Gasteiger charge is -2.74. The number of carbonyl (C=O) groups excluding carboxylic acids is 1. The molecule has 0 radical (unpaired) electrons. The number of rotatable bonds is 5. The van der Waals surface area contributed by atoms with Gasteiger partial charge >= 0.3 is 5.97 Å². The third-order valence-corrected chi connectivity index (χ3v) is 18.0. The molecule has 20 atom stereocenters. The van der Waals surface area contributed by atoms with Crippen molar-refractivity contribution in [1.82, 2.24) is 0 Å². The van der Waals surface area contributed by atoms with Gasteiger partial charge in [0.05, 0.1) is 36.9 Å². The molecule has 2 bridgehead atoms. The average Bonchev–Trinajstić information content (AvgIpc) is 3.31. The summed E-state index contributed by atoms with van der Waals surface area (Å²) in [6.45, 7) is 14.7. The van der Waals surface area contributed by atoms with Crippen LogP contribution in [0.15, 0.2) is 0 Å². The molecule has 3 aliphatic heterocycles. The largest absolute Gasteiger partial charge is 0.455 e. The minimum Gasteiger partial charge on any atom is -0.455 e. The van der Waals surface area contributed by atoms with Crippen LogP contribution in [-0.4, -0.2) is 128 Å². The molecule has 8 fully saturated rings. The Labute approximate surface area is 319 Å². The molecule has 0 amide bonds. The summed E-state index contributed by atoms with van der Waals surface area (Å²) in [5.41, 5.74) is -3.16. The van der Waals surface area contributed by atoms with E-state index in [0.29, 0.717) is 12.8 Å². The Kier molecular flexibility index (Phi) is 9.42. The van der Waals surface area contributed by atoms with Gasteiger partial charge in [-0.1, -0.05) is 41.5 Å². The van der Waals surface area contributed by atoms with Crippen LogP contribution in [0.3, 0.4) is 0 Å². The van der Waals surface area contributed by atoms with Gasteiger partial charge in [-0.05, 0) is 99.2 Å². The van der Waals surface area contributed by atoms with Crippen molar-refractivity contribution in [3.8, 4) is 0 Å². The molecule has 8 rings (SSSR count). The number of hydrogen-bond acceptors (Lipinski definition) is 13. The van der Waals surface area contributed by atoms with E-state index < -0.39 is 89.4 Å². The molecule has 1 spiro atoms. The van der Waals surface area contributed by atoms with Crippen molar-refractivity contribution in [3.05, 3.63) is 0 Å². The first-order valence-electron chi connectivity index (χ1n) is 20.7. The van der Waals surface area contributed by atoms with Gasteiger partial charge in [0.25, 0.3) is 0 Å². The fourth-order valence-corrected chi connectivity index (χ4v) is 14.5. The molecule has 1 unspecified atom stereocenters. The molecule has 13 heteroatoms. The number of aliphatic hydroxyl groups excluding tert-OH is 7. The Balaban J connectivity index is 1.07. The second-order valence-electron chi connectivity index (χ2n) is 20.8. The van der Waals surface area contributed by atoms with Gasteiger partial charge in [-0.2, -0.15) is 0 Å². The van der Waals surface area contributed by atoms with Gasteiger partial charge in [-0.15, -0.1) is 0 Å². The number of hydrogen-bond donors (Lipinski definition) is 7. The molecule has 0 aromatic rings. The predicted molar refractivity (Wildman–Crippen MR) is 191 cm³/mol. The van der Waals surface area contributed by atoms with Crippen molar-refractivity contribution in [2.75, 3.05) is 13.2 Å². The van der Waals surface area contributed by atoms with Crippen molar-refractivity contribution in [3.63, 3.8) is 0 Å². The Morgan fingerprint density at radius 1 is 0.759 bits per heavy atom. The van der Waals surface area contributed by atoms with Gasteiger partial charge in [0, 0.05) is 16.7 Å². The minimum atomic E-state index is -1.64. The van der Waals surface area contributed by atoms with E-state index in [1.165, 1.54) is 6.92 Å². The highest BCUT2D eigenvalue weighted by molar-refractivity contribution is 5.82. The van der Waals surface area contributed by atoms with Crippen LogP contribution in [0.4, 0.5) is 0 Å². The van der Waals surface area contributed by atoms with Crippen molar-refractivity contribution in [2.45, 2.75) is 186 Å². The van der Waals surface area contributed by atoms with Crippen LogP contribution in [0.5, 0.6) is 0 Å². The van der Waals surface area contributed by atoms with E-state index in [1.807, 2.05) is 6.92 Å². The lowest BCUT2D eigenvalue weighted by atomic mass is 9.30. The maximum absolute atomic E-state index is 14.0. The molecule has 7 N–H and O–H groups in total. The molecule has 13 nitrogen and oxygen atoms in total. The molecule has 0 aromatic carbocycles. The molecular formula is C41H66O13. The van der Waals surface area contributed by atoms with Gasteiger partial charge in [-0.3, -0.25) is 4.79 Å². The summed E-state index contributed by atoms with van der Waals surface area (Å²) in [5.74, 6) is -0.0619. The number of ether oxygens (including phenoxy) is 5. The van der Waals surface area contributed by atoms with Gasteiger partial charge in [0.15, 0.2) is 12.6 Å². The monoisotopic (exact) mass is 766 g/mol. The highest BCUT2D eigenvalue weighted by Crippen LogP contribution is 2.80. The number of esters is 1. The molecule has 308 valence electrons. The van der Waals surface area contributed by atoms with Crippen LogP contribution in [0.2, 0.25) is 0 Å². The van der Waals surface area contributed by atoms with E-state index in [1.54, 1.807) is 0 Å². The third-order valence-electron chi connectivity index (χ3n) is 18.0. The quantitative estimate of drug-likeness (QED) is 0.159. The molecule has 8 aliphatic rings. The van der Waals surface area contributed by atoms with E-state index >= 15 is 0 Å². The zero-order valence-corrected chi connectivity index (χ0v) is 33.1. The van der Waals surface area contributed by atoms with Gasteiger partial charge in [0.1, 0.15) is 42.2 Å². The highest BCUT2D eigenvalue weighted by atomic mass is 16.8. The first-order chi connectivity index (χ1) is 25.2. The fourth-order valence-electron chi connectivity index (χ4n) is 14.5. The first kappa shape index (κ1) is 39.8. The normalized spacial score (nSPS) is 59.3. The number of aliphatic hydroxyl groups is 7. The van der Waals surface area contributed by atoms with Crippen LogP contribution in [0.1, 0.15) is 113 Å². The second-order valence-corrected chi connectivity index (χ2v) is 20.8. The van der Waals surface area contributed by atoms with Crippen LogP contribution in [-0.2, 0) is 28.5 Å². The molecular weight excluding hydrogens is 700 g/mol. The highest BCUT2D eigenvalue weighted by Gasteiger charge is 2.83. The topological polar surface area (TPSA) is 205 Å². The van der Waals surface area contributed by atoms with Gasteiger partial charge in [-0.25, -0.2) is 0 Å². The summed E-state index contributed by atoms with van der Waals surface area (Å²) in [6.07, 6.45) is -5.84. The Morgan fingerprint density at radius 3 is 2.17 bits per heavy atom. The molecule has 54 heavy (non-hydrogen) atoms. The van der Waals surface area contributed by atoms with Gasteiger partial charge in [0.2, 0.25) is 0 Å². The second kappa shape index (κ2) is 12.8. The summed E-state index contributed by atoms with van der Waals surface area (Å²) in [4.78, 5) is 14.0. The number of carbonyl (C=O) groups is 1. The Hall–Kier alpha value is -0.970. The van der Waals surface area contributed by atoms with Crippen LogP contribution in [0, 0.1) is 50.2 Å². The number of fused-ring (bicyclic) bond motifs is 4. The van der Waals surface area contributed by atoms with Crippen LogP contribution < -0.4 is 0 Å². The van der Waals surface area contributed by atoms with Crippen molar-refractivity contribution in [2.24, 2.45) is 50.2 Å². The van der Waals surface area contributed by atoms with Crippen LogP contribution >= 0.6 is 0 Å². The predicted octanol–water partition coefficient (Wildman–Crippen LogP) is 2.17. The Morgan fingerprint density at radius 2 is 1.46 bits per heavy atom. The standard InChI is InChI=1S/C41H66O13/c1-20-27(45)29(47)30(48)32(51-20)53-31-28(46)21(43)18-50-33(31)52-26-9-10-36(4)22(37(26,5)19-42)8-11-38(6)23(36)16-25(44)41-24-17-35(2,3)12-14-40(24,34(49)54-41)15-13-39(38,41)7/h20-33,42-48H,8-19H2,1-7H3/t20-,21+,22-,23-,24-,25?,26+,27+,28+,29-,30-,31-,32+,33+,36+,37+,38-,39+,40+,41-/m1/s1. The minimum absolute atomic E-state index is 0.0152. The van der Waals surface area contributed by atoms with E-state index in [9.17, 15) is 40.5 Å². The van der Waals surface area contributed by atoms with E-state index in [-0.39, 0.29) is 53.2 Å². The zero-order valence-electron chi connectivity index (χ0n) is 33.1. The van der Waals surface area contributed by atoms with Gasteiger partial charge < -0.3 is 59.4 Å². The van der Waals surface area contributed by atoms with Crippen molar-refractivity contribution >= 4 is 5.97 Å². The summed E-state index contributed by atoms with van der Waals surface area (Å²) < 4.78 is 31.0. The smallest absolute Gasteiger partial charge is 0.313 e. The average molecular weight is 767 g/mol. The lowest BCUT2D eigenvalue weighted by Crippen LogP contribution is -2.76. The Bertz CT molecular complexity index is 1480. The maximum atomic E-state index is 14.0. The lowest BCUT2D eigenvalue weighted by molar-refractivity contribution is -0.368. The third kappa shape index (κ3) is 5.05. The SMILES string of the molecule is C[C@H]1O[C@@H](O[C@H]2[C@H](O[C@H]3CC[C@@]4(C)[C@@H](CC[C@]5(C)[C@@H]4CC(O)[C@]46OC(=O)[C@@]7(CCC(C)(C)C[C@H]74)CC[C@@]56C)[C@]3(C)CO)OC[C@H](O)[C@@H]2O)[C@H](O)[C@H](O)[C@H]1O. The fraction of sp³-hybridized carbons (Fsp3) is 0.976. The first-order valence-corrected chi connectivity index (χ1v) is 20.7. The summed E-state index contributed by atoms with van der Waals surface area (Å²) in [6, 6.07) is 0. The molecule has 0 aromatic heterocycles. The summed E-state index contributed by atoms with van der Waals surface area (Å²) in [7, 11) is 0. The molecule has 3 heterocycles. The maximum Gasteiger partial charge on any atom is 0.313 e. The van der Waals surface area contributed by atoms with Crippen LogP contribution in [0.25, 0.3) is 0 Å². The van der Waals surface area contributed by atoms with Crippen molar-refractivity contribution < 1.29 is 64.2 Å². The molecule has 5 aliphatic carbocycles. The molecule has 3 saturated heterocycles. The summed E-state index contributed by atoms with van der Waals surface area (Å²) in [5, 5.41) is 76.9. The van der Waals surface area contributed by atoms with Crippen molar-refractivity contribution in [1.29, 1.82) is 0 Å². The summed E-state index contributed by atoms with van der Waals surface area (Å²) >= 11 is 0. The zero-order chi connectivity index (χ0) is 39.2. The van der Waals surface area contributed by atoms with E-state index in [4.69, 9.17) is 23.7 Å². The molecule has 5 saturated carbocycles. The van der Waals surface area contributed by atoms with E-state index in [0.717, 1.165) is 51.4 Å².